The van der Waals surface area contributed by atoms with E-state index in [-0.39, 0.29) is 0 Å². The lowest BCUT2D eigenvalue weighted by molar-refractivity contribution is -0.116. The number of Topliss-reactive ketones (excluding diaryl/α,β-unsaturated/α-hetero) is 1. The second-order valence-electron chi connectivity index (χ2n) is 3.24. The number of carbonyl (C=O) groups excluding carboxylic acids is 1. The smallest absolute Gasteiger partial charge is 0.158 e. The Morgan fingerprint density at radius 3 is 2.55 bits per heavy atom. The van der Waals surface area contributed by atoms with Gasteiger partial charge < -0.3 is 0 Å². The molecule has 1 rings (SSSR count). The van der Waals surface area contributed by atoms with Crippen LogP contribution in [0.5, 0.6) is 0 Å². The van der Waals surface area contributed by atoms with Gasteiger partial charge in [0, 0.05) is 6.42 Å². The summed E-state index contributed by atoms with van der Waals surface area (Å²) < 4.78 is 0. The monoisotopic (exact) mass is 152 g/mol. The first-order valence-electron chi connectivity index (χ1n) is 4.46. The van der Waals surface area contributed by atoms with Gasteiger partial charge in [-0.1, -0.05) is 13.0 Å². The maximum Gasteiger partial charge on any atom is 0.158 e. The molecule has 0 aromatic rings. The number of hydrogen-bond donors (Lipinski definition) is 0. The van der Waals surface area contributed by atoms with Gasteiger partial charge in [-0.05, 0) is 37.7 Å². The van der Waals surface area contributed by atoms with Gasteiger partial charge in [0.25, 0.3) is 0 Å². The zero-order valence-corrected chi connectivity index (χ0v) is 7.39. The minimum Gasteiger partial charge on any atom is -0.295 e. The van der Waals surface area contributed by atoms with E-state index in [4.69, 9.17) is 0 Å². The number of rotatable bonds is 4. The fourth-order valence-electron chi connectivity index (χ4n) is 1.28. The largest absolute Gasteiger partial charge is 0.295 e. The summed E-state index contributed by atoms with van der Waals surface area (Å²) >= 11 is 0. The van der Waals surface area contributed by atoms with Gasteiger partial charge in [0.2, 0.25) is 0 Å². The number of ketones is 1. The summed E-state index contributed by atoms with van der Waals surface area (Å²) in [7, 11) is 0. The summed E-state index contributed by atoms with van der Waals surface area (Å²) in [6.07, 6.45) is 6.18. The molecule has 0 spiro atoms. The molecular formula is C10H16O. The first-order valence-corrected chi connectivity index (χ1v) is 4.46. The van der Waals surface area contributed by atoms with E-state index >= 15 is 0 Å². The third kappa shape index (κ3) is 2.49. The third-order valence-electron chi connectivity index (χ3n) is 2.26. The van der Waals surface area contributed by atoms with E-state index in [9.17, 15) is 4.79 Å². The summed E-state index contributed by atoms with van der Waals surface area (Å²) in [6.45, 7) is 3.99. The highest BCUT2D eigenvalue weighted by Crippen LogP contribution is 2.33. The van der Waals surface area contributed by atoms with Crippen LogP contribution in [0.4, 0.5) is 0 Å². The number of hydrogen-bond acceptors (Lipinski definition) is 1. The van der Waals surface area contributed by atoms with Crippen molar-refractivity contribution in [3.05, 3.63) is 11.6 Å². The van der Waals surface area contributed by atoms with Crippen LogP contribution in [-0.2, 0) is 4.79 Å². The molecule has 0 aromatic heterocycles. The van der Waals surface area contributed by atoms with Gasteiger partial charge in [0.05, 0.1) is 0 Å². The molecule has 1 aliphatic carbocycles. The molecule has 62 valence electrons. The Kier molecular flexibility index (Phi) is 2.86. The van der Waals surface area contributed by atoms with Crippen LogP contribution in [-0.4, -0.2) is 5.78 Å². The van der Waals surface area contributed by atoms with Gasteiger partial charge in [-0.15, -0.1) is 0 Å². The molecule has 1 heteroatoms. The fourth-order valence-corrected chi connectivity index (χ4v) is 1.28. The van der Waals surface area contributed by atoms with Gasteiger partial charge in [-0.2, -0.15) is 0 Å². The van der Waals surface area contributed by atoms with Crippen molar-refractivity contribution in [2.45, 2.75) is 39.5 Å². The molecule has 1 saturated carbocycles. The van der Waals surface area contributed by atoms with E-state index in [0.29, 0.717) is 5.78 Å². The number of carbonyl (C=O) groups is 1. The van der Waals surface area contributed by atoms with E-state index in [2.05, 4.69) is 0 Å². The van der Waals surface area contributed by atoms with Crippen LogP contribution in [0.1, 0.15) is 39.5 Å². The normalized spacial score (nSPS) is 18.5. The minimum absolute atomic E-state index is 0.373. The maximum absolute atomic E-state index is 11.4. The van der Waals surface area contributed by atoms with Crippen LogP contribution >= 0.6 is 0 Å². The molecule has 0 radical (unpaired) electrons. The summed E-state index contributed by atoms with van der Waals surface area (Å²) in [6, 6.07) is 0. The molecule has 1 aliphatic rings. The molecule has 0 aliphatic heterocycles. The van der Waals surface area contributed by atoms with Gasteiger partial charge in [0.15, 0.2) is 5.78 Å². The molecule has 0 heterocycles. The van der Waals surface area contributed by atoms with E-state index in [1.807, 2.05) is 19.9 Å². The summed E-state index contributed by atoms with van der Waals surface area (Å²) in [5.74, 6) is 1.10. The average Bonchev–Trinajstić information content (AvgIpc) is 2.74. The lowest BCUT2D eigenvalue weighted by Gasteiger charge is -2.00. The Balaban J connectivity index is 2.37. The van der Waals surface area contributed by atoms with E-state index < -0.39 is 0 Å². The first-order chi connectivity index (χ1) is 5.27. The Bertz CT molecular complexity index is 175. The van der Waals surface area contributed by atoms with Crippen LogP contribution in [0.3, 0.4) is 0 Å². The van der Waals surface area contributed by atoms with Crippen molar-refractivity contribution in [3.63, 3.8) is 0 Å². The average molecular weight is 152 g/mol. The highest BCUT2D eigenvalue weighted by molar-refractivity contribution is 5.95. The van der Waals surface area contributed by atoms with Crippen LogP contribution < -0.4 is 0 Å². The van der Waals surface area contributed by atoms with Crippen molar-refractivity contribution < 1.29 is 4.79 Å². The van der Waals surface area contributed by atoms with Crippen molar-refractivity contribution in [2.24, 2.45) is 5.92 Å². The molecule has 0 bridgehead atoms. The van der Waals surface area contributed by atoms with Gasteiger partial charge in [0.1, 0.15) is 0 Å². The van der Waals surface area contributed by atoms with Crippen molar-refractivity contribution >= 4 is 5.78 Å². The topological polar surface area (TPSA) is 17.1 Å². The SMILES string of the molecule is CC=C(CC)C(=O)CC1CC1. The second-order valence-corrected chi connectivity index (χ2v) is 3.24. The van der Waals surface area contributed by atoms with Crippen LogP contribution in [0, 0.1) is 5.92 Å². The highest BCUT2D eigenvalue weighted by atomic mass is 16.1. The van der Waals surface area contributed by atoms with Gasteiger partial charge in [-0.3, -0.25) is 4.79 Å². The summed E-state index contributed by atoms with van der Waals surface area (Å²) in [5, 5.41) is 0. The van der Waals surface area contributed by atoms with E-state index in [1.54, 1.807) is 0 Å². The quantitative estimate of drug-likeness (QED) is 0.566. The molecular weight excluding hydrogens is 136 g/mol. The molecule has 11 heavy (non-hydrogen) atoms. The lowest BCUT2D eigenvalue weighted by atomic mass is 10.0. The molecule has 1 nitrogen and oxygen atoms in total. The number of allylic oxidation sites excluding steroid dienone is 2. The van der Waals surface area contributed by atoms with Crippen LogP contribution in [0.25, 0.3) is 0 Å². The molecule has 0 unspecified atom stereocenters. The molecule has 0 aromatic carbocycles. The third-order valence-corrected chi connectivity index (χ3v) is 2.26. The first kappa shape index (κ1) is 8.51. The highest BCUT2D eigenvalue weighted by Gasteiger charge is 2.24. The van der Waals surface area contributed by atoms with Crippen molar-refractivity contribution in [1.29, 1.82) is 0 Å². The Morgan fingerprint density at radius 1 is 1.55 bits per heavy atom. The van der Waals surface area contributed by atoms with Crippen molar-refractivity contribution in [2.75, 3.05) is 0 Å². The van der Waals surface area contributed by atoms with Crippen molar-refractivity contribution in [1.82, 2.24) is 0 Å². The fraction of sp³-hybridized carbons (Fsp3) is 0.700. The van der Waals surface area contributed by atoms with Crippen molar-refractivity contribution in [3.8, 4) is 0 Å². The van der Waals surface area contributed by atoms with Gasteiger partial charge >= 0.3 is 0 Å². The second kappa shape index (κ2) is 3.70. The Labute approximate surface area is 68.5 Å². The lowest BCUT2D eigenvalue weighted by Crippen LogP contribution is -2.02. The summed E-state index contributed by atoms with van der Waals surface area (Å²) in [5.41, 5.74) is 1.01. The van der Waals surface area contributed by atoms with Crippen LogP contribution in [0.2, 0.25) is 0 Å². The predicted octanol–water partition coefficient (Wildman–Crippen LogP) is 2.71. The predicted molar refractivity (Wildman–Crippen MR) is 46.4 cm³/mol. The molecule has 1 fully saturated rings. The minimum atomic E-state index is 0.373. The standard InChI is InChI=1S/C10H16O/c1-3-9(4-2)10(11)7-8-5-6-8/h3,8H,4-7H2,1-2H3. The molecule has 0 saturated heterocycles. The zero-order chi connectivity index (χ0) is 8.27. The van der Waals surface area contributed by atoms with Gasteiger partial charge in [-0.25, -0.2) is 0 Å². The summed E-state index contributed by atoms with van der Waals surface area (Å²) in [4.78, 5) is 11.4. The molecule has 0 N–H and O–H groups in total. The molecule has 0 atom stereocenters. The van der Waals surface area contributed by atoms with Crippen LogP contribution in [0.15, 0.2) is 11.6 Å². The van der Waals surface area contributed by atoms with E-state index in [1.165, 1.54) is 12.8 Å². The zero-order valence-electron chi connectivity index (χ0n) is 7.39. The maximum atomic E-state index is 11.4. The van der Waals surface area contributed by atoms with E-state index in [0.717, 1.165) is 24.3 Å². The Hall–Kier alpha value is -0.590. The molecule has 0 amide bonds. The Morgan fingerprint density at radius 2 is 2.18 bits per heavy atom.